The number of rotatable bonds is 6. The van der Waals surface area contributed by atoms with Gasteiger partial charge in [-0.2, -0.15) is 5.10 Å². The largest absolute Gasteiger partial charge is 0.480 e. The van der Waals surface area contributed by atoms with Gasteiger partial charge in [0.05, 0.1) is 5.69 Å². The van der Waals surface area contributed by atoms with Crippen LogP contribution in [0.3, 0.4) is 0 Å². The molecule has 1 rings (SSSR count). The molecule has 0 spiro atoms. The van der Waals surface area contributed by atoms with Crippen molar-refractivity contribution in [3.63, 3.8) is 0 Å². The molecule has 20 heavy (non-hydrogen) atoms. The van der Waals surface area contributed by atoms with Crippen LogP contribution in [-0.4, -0.2) is 44.8 Å². The van der Waals surface area contributed by atoms with Crippen LogP contribution in [0.4, 0.5) is 0 Å². The minimum Gasteiger partial charge on any atom is -0.480 e. The zero-order valence-corrected chi connectivity index (χ0v) is 12.1. The Morgan fingerprint density at radius 3 is 2.65 bits per heavy atom. The van der Waals surface area contributed by atoms with Gasteiger partial charge in [-0.05, 0) is 13.0 Å². The summed E-state index contributed by atoms with van der Waals surface area (Å²) in [5, 5.41) is 13.3. The van der Waals surface area contributed by atoms with Gasteiger partial charge in [-0.1, -0.05) is 17.7 Å². The Hall–Kier alpha value is -2.08. The second-order valence-electron chi connectivity index (χ2n) is 4.15. The third kappa shape index (κ3) is 3.96. The van der Waals surface area contributed by atoms with E-state index in [9.17, 15) is 9.59 Å². The fourth-order valence-corrected chi connectivity index (χ4v) is 1.88. The number of aryl methyl sites for hydroxylation is 2. The maximum Gasteiger partial charge on any atom is 0.323 e. The van der Waals surface area contributed by atoms with Crippen LogP contribution in [0.2, 0.25) is 5.15 Å². The van der Waals surface area contributed by atoms with Crippen LogP contribution in [0.15, 0.2) is 18.7 Å². The summed E-state index contributed by atoms with van der Waals surface area (Å²) in [6.45, 7) is 5.05. The Labute approximate surface area is 121 Å². The van der Waals surface area contributed by atoms with E-state index in [-0.39, 0.29) is 13.1 Å². The van der Waals surface area contributed by atoms with Gasteiger partial charge in [-0.25, -0.2) is 0 Å². The predicted molar refractivity (Wildman–Crippen MR) is 76.4 cm³/mol. The second-order valence-corrected chi connectivity index (χ2v) is 4.51. The van der Waals surface area contributed by atoms with Crippen molar-refractivity contribution < 1.29 is 14.7 Å². The molecule has 0 fully saturated rings. The van der Waals surface area contributed by atoms with Gasteiger partial charge in [-0.3, -0.25) is 14.3 Å². The molecule has 0 aromatic carbocycles. The lowest BCUT2D eigenvalue weighted by Gasteiger charge is -2.16. The normalized spacial score (nSPS) is 10.8. The number of halogens is 1. The Morgan fingerprint density at radius 2 is 2.20 bits per heavy atom. The van der Waals surface area contributed by atoms with E-state index in [1.807, 2.05) is 0 Å². The number of carboxylic acid groups (broad SMARTS) is 1. The maximum absolute atomic E-state index is 11.9. The highest BCUT2D eigenvalue weighted by Gasteiger charge is 2.14. The molecule has 0 aliphatic heterocycles. The fraction of sp³-hybridized carbons (Fsp3) is 0.308. The first-order chi connectivity index (χ1) is 9.36. The zero-order chi connectivity index (χ0) is 15.3. The molecule has 6 nitrogen and oxygen atoms in total. The summed E-state index contributed by atoms with van der Waals surface area (Å²) in [6.07, 6.45) is 4.28. The third-order valence-electron chi connectivity index (χ3n) is 2.58. The van der Waals surface area contributed by atoms with Gasteiger partial charge in [0, 0.05) is 25.2 Å². The Kier molecular flexibility index (Phi) is 5.52. The van der Waals surface area contributed by atoms with Gasteiger partial charge >= 0.3 is 5.97 Å². The molecule has 0 unspecified atom stereocenters. The summed E-state index contributed by atoms with van der Waals surface area (Å²) < 4.78 is 1.50. The SMILES string of the molecule is C=CCN(CC(=O)O)C(=O)C=Cc1c(C)nn(C)c1Cl. The molecule has 1 amide bonds. The number of carbonyl (C=O) groups excluding carboxylic acids is 1. The minimum atomic E-state index is -1.08. The van der Waals surface area contributed by atoms with E-state index in [4.69, 9.17) is 16.7 Å². The van der Waals surface area contributed by atoms with Crippen molar-refractivity contribution in [1.29, 1.82) is 0 Å². The van der Waals surface area contributed by atoms with Gasteiger partial charge in [-0.15, -0.1) is 6.58 Å². The average Bonchev–Trinajstić information content (AvgIpc) is 2.60. The van der Waals surface area contributed by atoms with E-state index in [1.54, 1.807) is 14.0 Å². The molecule has 0 saturated carbocycles. The van der Waals surface area contributed by atoms with Crippen LogP contribution < -0.4 is 0 Å². The van der Waals surface area contributed by atoms with Gasteiger partial charge in [0.2, 0.25) is 5.91 Å². The monoisotopic (exact) mass is 297 g/mol. The molecule has 108 valence electrons. The topological polar surface area (TPSA) is 75.4 Å². The summed E-state index contributed by atoms with van der Waals surface area (Å²) in [5.41, 5.74) is 1.33. The van der Waals surface area contributed by atoms with Crippen molar-refractivity contribution in [1.82, 2.24) is 14.7 Å². The smallest absolute Gasteiger partial charge is 0.323 e. The van der Waals surface area contributed by atoms with Gasteiger partial charge < -0.3 is 10.0 Å². The summed E-state index contributed by atoms with van der Waals surface area (Å²) >= 11 is 6.04. The highest BCUT2D eigenvalue weighted by atomic mass is 35.5. The Balaban J connectivity index is 2.89. The molecule has 0 saturated heterocycles. The lowest BCUT2D eigenvalue weighted by atomic mass is 10.2. The highest BCUT2D eigenvalue weighted by molar-refractivity contribution is 6.31. The Bertz CT molecular complexity index is 563. The van der Waals surface area contributed by atoms with Gasteiger partial charge in [0.15, 0.2) is 0 Å². The molecular formula is C13H16ClN3O3. The van der Waals surface area contributed by atoms with Crippen LogP contribution in [0, 0.1) is 6.92 Å². The molecule has 1 N–H and O–H groups in total. The van der Waals surface area contributed by atoms with E-state index >= 15 is 0 Å². The van der Waals surface area contributed by atoms with Crippen LogP contribution >= 0.6 is 11.6 Å². The number of hydrogen-bond acceptors (Lipinski definition) is 3. The predicted octanol–water partition coefficient (Wildman–Crippen LogP) is 1.49. The van der Waals surface area contributed by atoms with Crippen molar-refractivity contribution in [2.75, 3.05) is 13.1 Å². The third-order valence-corrected chi connectivity index (χ3v) is 3.02. The molecule has 0 aliphatic rings. The number of aliphatic carboxylic acids is 1. The van der Waals surface area contributed by atoms with Crippen LogP contribution in [0.1, 0.15) is 11.3 Å². The second kappa shape index (κ2) is 6.91. The summed E-state index contributed by atoms with van der Waals surface area (Å²) in [4.78, 5) is 23.8. The molecule has 0 bridgehead atoms. The standard InChI is InChI=1S/C13H16ClN3O3/c1-4-7-17(8-12(19)20)11(18)6-5-10-9(2)15-16(3)13(10)14/h4-6H,1,7-8H2,2-3H3,(H,19,20). The first-order valence-electron chi connectivity index (χ1n) is 5.85. The van der Waals surface area contributed by atoms with Crippen molar-refractivity contribution in [2.24, 2.45) is 7.05 Å². The van der Waals surface area contributed by atoms with Gasteiger partial charge in [0.1, 0.15) is 11.7 Å². The number of nitrogens with zero attached hydrogens (tertiary/aromatic N) is 3. The summed E-state index contributed by atoms with van der Waals surface area (Å²) in [6, 6.07) is 0. The molecule has 0 aliphatic carbocycles. The van der Waals surface area contributed by atoms with Crippen molar-refractivity contribution in [3.05, 3.63) is 35.1 Å². The van der Waals surface area contributed by atoms with Crippen LogP contribution in [0.5, 0.6) is 0 Å². The number of aromatic nitrogens is 2. The van der Waals surface area contributed by atoms with Crippen LogP contribution in [-0.2, 0) is 16.6 Å². The lowest BCUT2D eigenvalue weighted by Crippen LogP contribution is -2.34. The zero-order valence-electron chi connectivity index (χ0n) is 11.3. The van der Waals surface area contributed by atoms with Crippen LogP contribution in [0.25, 0.3) is 6.08 Å². The number of amides is 1. The molecule has 0 radical (unpaired) electrons. The van der Waals surface area contributed by atoms with E-state index < -0.39 is 11.9 Å². The molecule has 1 aromatic rings. The molecule has 0 atom stereocenters. The summed E-state index contributed by atoms with van der Waals surface area (Å²) in [7, 11) is 1.70. The number of hydrogen-bond donors (Lipinski definition) is 1. The maximum atomic E-state index is 11.9. The Morgan fingerprint density at radius 1 is 1.55 bits per heavy atom. The molecule has 1 heterocycles. The highest BCUT2D eigenvalue weighted by Crippen LogP contribution is 2.20. The quantitative estimate of drug-likeness (QED) is 0.638. The average molecular weight is 298 g/mol. The van der Waals surface area contributed by atoms with Crippen molar-refractivity contribution in [2.45, 2.75) is 6.92 Å². The molecule has 7 heteroatoms. The van der Waals surface area contributed by atoms with E-state index in [2.05, 4.69) is 11.7 Å². The minimum absolute atomic E-state index is 0.162. The lowest BCUT2D eigenvalue weighted by molar-refractivity contribution is -0.142. The van der Waals surface area contributed by atoms with E-state index in [1.165, 1.54) is 22.9 Å². The van der Waals surface area contributed by atoms with Gasteiger partial charge in [0.25, 0.3) is 0 Å². The molecule has 1 aromatic heterocycles. The number of carboxylic acids is 1. The van der Waals surface area contributed by atoms with Crippen molar-refractivity contribution in [3.8, 4) is 0 Å². The van der Waals surface area contributed by atoms with E-state index in [0.29, 0.717) is 16.4 Å². The van der Waals surface area contributed by atoms with E-state index in [0.717, 1.165) is 4.90 Å². The molecular weight excluding hydrogens is 282 g/mol. The number of carbonyl (C=O) groups is 2. The first-order valence-corrected chi connectivity index (χ1v) is 6.23. The van der Waals surface area contributed by atoms with Crippen molar-refractivity contribution >= 4 is 29.6 Å². The first kappa shape index (κ1) is 16.0. The summed E-state index contributed by atoms with van der Waals surface area (Å²) in [5.74, 6) is -1.50. The fourth-order valence-electron chi connectivity index (χ4n) is 1.65.